The number of hydrogen-bond donors (Lipinski definition) is 1. The lowest BCUT2D eigenvalue weighted by molar-refractivity contribution is 0.329. The molecule has 0 saturated heterocycles. The number of nitrogens with one attached hydrogen (secondary N) is 1. The SMILES string of the molecule is CCc1cc(Cc2ccccc2)ccc1OCCNc1c(C)c(C)nc2ncnn12. The Bertz CT molecular complexity index is 1140. The van der Waals surface area contributed by atoms with Crippen molar-refractivity contribution in [2.75, 3.05) is 18.5 Å². The fraction of sp³-hybridized carbons (Fsp3) is 0.292. The third kappa shape index (κ3) is 4.27. The highest BCUT2D eigenvalue weighted by Crippen LogP contribution is 2.23. The summed E-state index contributed by atoms with van der Waals surface area (Å²) >= 11 is 0. The second-order valence-electron chi connectivity index (χ2n) is 7.38. The van der Waals surface area contributed by atoms with Gasteiger partial charge in [0, 0.05) is 11.3 Å². The van der Waals surface area contributed by atoms with Crippen LogP contribution < -0.4 is 10.1 Å². The number of nitrogens with zero attached hydrogens (tertiary/aromatic N) is 4. The molecule has 0 bridgehead atoms. The Morgan fingerprint density at radius 1 is 1.03 bits per heavy atom. The lowest BCUT2D eigenvalue weighted by Crippen LogP contribution is -2.16. The van der Waals surface area contributed by atoms with Crippen molar-refractivity contribution in [3.05, 3.63) is 82.8 Å². The van der Waals surface area contributed by atoms with E-state index in [-0.39, 0.29) is 0 Å². The molecular formula is C24H27N5O. The van der Waals surface area contributed by atoms with Gasteiger partial charge in [-0.05, 0) is 49.4 Å². The molecule has 154 valence electrons. The normalized spacial score (nSPS) is 11.0. The fourth-order valence-corrected chi connectivity index (χ4v) is 3.56. The summed E-state index contributed by atoms with van der Waals surface area (Å²) in [6.07, 6.45) is 3.39. The van der Waals surface area contributed by atoms with Gasteiger partial charge in [0.2, 0.25) is 0 Å². The molecule has 0 amide bonds. The van der Waals surface area contributed by atoms with Crippen LogP contribution >= 0.6 is 0 Å². The number of hydrogen-bond acceptors (Lipinski definition) is 5. The smallest absolute Gasteiger partial charge is 0.254 e. The van der Waals surface area contributed by atoms with Crippen molar-refractivity contribution in [3.8, 4) is 5.75 Å². The molecule has 4 aromatic rings. The summed E-state index contributed by atoms with van der Waals surface area (Å²) in [7, 11) is 0. The van der Waals surface area contributed by atoms with Crippen molar-refractivity contribution in [2.24, 2.45) is 0 Å². The van der Waals surface area contributed by atoms with Crippen molar-refractivity contribution in [2.45, 2.75) is 33.6 Å². The molecule has 0 unspecified atom stereocenters. The molecule has 0 aliphatic rings. The van der Waals surface area contributed by atoms with E-state index in [0.717, 1.165) is 35.7 Å². The fourth-order valence-electron chi connectivity index (χ4n) is 3.56. The number of ether oxygens (including phenoxy) is 1. The highest BCUT2D eigenvalue weighted by atomic mass is 16.5. The number of rotatable bonds is 8. The third-order valence-electron chi connectivity index (χ3n) is 5.32. The zero-order chi connectivity index (χ0) is 20.9. The van der Waals surface area contributed by atoms with E-state index in [1.54, 1.807) is 4.52 Å². The monoisotopic (exact) mass is 401 g/mol. The highest BCUT2D eigenvalue weighted by molar-refractivity contribution is 5.51. The molecular weight excluding hydrogens is 374 g/mol. The molecule has 0 fully saturated rings. The van der Waals surface area contributed by atoms with Crippen LogP contribution in [0, 0.1) is 13.8 Å². The Kier molecular flexibility index (Phi) is 5.93. The van der Waals surface area contributed by atoms with Crippen LogP contribution in [0.2, 0.25) is 0 Å². The topological polar surface area (TPSA) is 64.3 Å². The Labute approximate surface area is 177 Å². The Morgan fingerprint density at radius 3 is 2.67 bits per heavy atom. The number of aryl methyl sites for hydroxylation is 2. The van der Waals surface area contributed by atoms with Gasteiger partial charge in [0.1, 0.15) is 24.5 Å². The van der Waals surface area contributed by atoms with Crippen molar-refractivity contribution in [1.82, 2.24) is 19.6 Å². The second-order valence-corrected chi connectivity index (χ2v) is 7.38. The molecule has 0 radical (unpaired) electrons. The first-order valence-corrected chi connectivity index (χ1v) is 10.3. The molecule has 0 aliphatic carbocycles. The van der Waals surface area contributed by atoms with Crippen molar-refractivity contribution in [1.29, 1.82) is 0 Å². The first-order chi connectivity index (χ1) is 14.7. The molecule has 2 aromatic heterocycles. The van der Waals surface area contributed by atoms with Crippen LogP contribution in [-0.4, -0.2) is 32.7 Å². The minimum Gasteiger partial charge on any atom is -0.491 e. The zero-order valence-electron chi connectivity index (χ0n) is 17.7. The number of anilines is 1. The molecule has 6 nitrogen and oxygen atoms in total. The van der Waals surface area contributed by atoms with Crippen LogP contribution in [-0.2, 0) is 12.8 Å². The average molecular weight is 402 g/mol. The van der Waals surface area contributed by atoms with Gasteiger partial charge in [-0.3, -0.25) is 0 Å². The Balaban J connectivity index is 1.39. The maximum Gasteiger partial charge on any atom is 0.254 e. The van der Waals surface area contributed by atoms with E-state index < -0.39 is 0 Å². The zero-order valence-corrected chi connectivity index (χ0v) is 17.7. The lowest BCUT2D eigenvalue weighted by Gasteiger charge is -2.15. The molecule has 2 aromatic carbocycles. The summed E-state index contributed by atoms with van der Waals surface area (Å²) in [5, 5.41) is 7.70. The second kappa shape index (κ2) is 8.95. The summed E-state index contributed by atoms with van der Waals surface area (Å²) in [5.74, 6) is 2.46. The van der Waals surface area contributed by atoms with Crippen molar-refractivity contribution >= 4 is 11.6 Å². The largest absolute Gasteiger partial charge is 0.491 e. The summed E-state index contributed by atoms with van der Waals surface area (Å²) in [5.41, 5.74) is 5.87. The van der Waals surface area contributed by atoms with Crippen LogP contribution in [0.1, 0.15) is 34.9 Å². The maximum absolute atomic E-state index is 6.10. The highest BCUT2D eigenvalue weighted by Gasteiger charge is 2.11. The quantitative estimate of drug-likeness (QED) is 0.444. The minimum atomic E-state index is 0.558. The van der Waals surface area contributed by atoms with E-state index in [4.69, 9.17) is 4.74 Å². The van der Waals surface area contributed by atoms with Gasteiger partial charge in [-0.15, -0.1) is 0 Å². The average Bonchev–Trinajstić information content (AvgIpc) is 3.22. The molecule has 0 atom stereocenters. The van der Waals surface area contributed by atoms with Crippen LogP contribution in [0.25, 0.3) is 5.78 Å². The Morgan fingerprint density at radius 2 is 1.87 bits per heavy atom. The van der Waals surface area contributed by atoms with Gasteiger partial charge in [-0.1, -0.05) is 49.4 Å². The standard InChI is InChI=1S/C24H27N5O/c1-4-21-15-20(14-19-8-6-5-7-9-19)10-11-22(21)30-13-12-25-23-17(2)18(3)28-24-26-16-27-29(23)24/h5-11,15-16,25H,4,12-14H2,1-3H3. The van der Waals surface area contributed by atoms with Gasteiger partial charge < -0.3 is 10.1 Å². The van der Waals surface area contributed by atoms with Crippen LogP contribution in [0.4, 0.5) is 5.82 Å². The van der Waals surface area contributed by atoms with E-state index in [1.165, 1.54) is 23.0 Å². The van der Waals surface area contributed by atoms with Crippen LogP contribution in [0.15, 0.2) is 54.9 Å². The molecule has 0 spiro atoms. The van der Waals surface area contributed by atoms with Gasteiger partial charge >= 0.3 is 0 Å². The summed E-state index contributed by atoms with van der Waals surface area (Å²) in [6, 6.07) is 17.0. The van der Waals surface area contributed by atoms with Crippen LogP contribution in [0.3, 0.4) is 0 Å². The molecule has 6 heteroatoms. The predicted octanol–water partition coefficient (Wildman–Crippen LogP) is 4.39. The summed E-state index contributed by atoms with van der Waals surface area (Å²) < 4.78 is 7.83. The van der Waals surface area contributed by atoms with Gasteiger partial charge in [-0.2, -0.15) is 14.6 Å². The summed E-state index contributed by atoms with van der Waals surface area (Å²) in [4.78, 5) is 8.64. The molecule has 2 heterocycles. The molecule has 0 aliphatic heterocycles. The van der Waals surface area contributed by atoms with E-state index >= 15 is 0 Å². The van der Waals surface area contributed by atoms with Gasteiger partial charge in [0.05, 0.1) is 6.54 Å². The molecule has 30 heavy (non-hydrogen) atoms. The minimum absolute atomic E-state index is 0.558. The maximum atomic E-state index is 6.10. The van der Waals surface area contributed by atoms with Crippen molar-refractivity contribution in [3.63, 3.8) is 0 Å². The first-order valence-electron chi connectivity index (χ1n) is 10.3. The Hall–Kier alpha value is -3.41. The van der Waals surface area contributed by atoms with Gasteiger partial charge in [0.15, 0.2) is 0 Å². The van der Waals surface area contributed by atoms with E-state index in [9.17, 15) is 0 Å². The molecule has 0 saturated carbocycles. The lowest BCUT2D eigenvalue weighted by atomic mass is 10.0. The van der Waals surface area contributed by atoms with Gasteiger partial charge in [-0.25, -0.2) is 4.98 Å². The molecule has 1 N–H and O–H groups in total. The number of aromatic nitrogens is 4. The first kappa shape index (κ1) is 19.9. The predicted molar refractivity (Wildman–Crippen MR) is 119 cm³/mol. The van der Waals surface area contributed by atoms with E-state index in [2.05, 4.69) is 75.8 Å². The van der Waals surface area contributed by atoms with E-state index in [1.807, 2.05) is 13.8 Å². The van der Waals surface area contributed by atoms with Crippen LogP contribution in [0.5, 0.6) is 5.75 Å². The summed E-state index contributed by atoms with van der Waals surface area (Å²) in [6.45, 7) is 7.40. The van der Waals surface area contributed by atoms with E-state index in [0.29, 0.717) is 18.9 Å². The van der Waals surface area contributed by atoms with Crippen molar-refractivity contribution < 1.29 is 4.74 Å². The third-order valence-corrected chi connectivity index (χ3v) is 5.32. The molecule has 4 rings (SSSR count). The number of benzene rings is 2. The van der Waals surface area contributed by atoms with Gasteiger partial charge in [0.25, 0.3) is 5.78 Å². The number of fused-ring (bicyclic) bond motifs is 1.